The van der Waals surface area contributed by atoms with Crippen LogP contribution in [0.2, 0.25) is 0 Å². The third kappa shape index (κ3) is 4.17. The Morgan fingerprint density at radius 2 is 2.19 bits per heavy atom. The van der Waals surface area contributed by atoms with Crippen LogP contribution in [0.4, 0.5) is 5.69 Å². The zero-order chi connectivity index (χ0) is 19.4. The fraction of sp³-hybridized carbons (Fsp3) is 0.316. The van der Waals surface area contributed by atoms with Crippen LogP contribution in [0.25, 0.3) is 10.9 Å². The van der Waals surface area contributed by atoms with Crippen molar-refractivity contribution >= 4 is 29.2 Å². The van der Waals surface area contributed by atoms with Crippen LogP contribution < -0.4 is 20.9 Å². The number of aliphatic imine (C=N–C) groups is 1. The van der Waals surface area contributed by atoms with Gasteiger partial charge in [-0.1, -0.05) is 6.58 Å². The molecule has 2 heterocycles. The van der Waals surface area contributed by atoms with Crippen molar-refractivity contribution in [3.05, 3.63) is 47.0 Å². The fourth-order valence-electron chi connectivity index (χ4n) is 2.79. The van der Waals surface area contributed by atoms with Crippen molar-refractivity contribution in [2.24, 2.45) is 10.9 Å². The topological polar surface area (TPSA) is 94.0 Å². The van der Waals surface area contributed by atoms with E-state index in [2.05, 4.69) is 28.9 Å². The summed E-state index contributed by atoms with van der Waals surface area (Å²) in [5, 5.41) is 6.29. The van der Waals surface area contributed by atoms with Crippen LogP contribution in [0.3, 0.4) is 0 Å². The first-order chi connectivity index (χ1) is 13.0. The summed E-state index contributed by atoms with van der Waals surface area (Å²) >= 11 is 0. The van der Waals surface area contributed by atoms with E-state index in [0.717, 1.165) is 16.6 Å². The highest BCUT2D eigenvalue weighted by Gasteiger charge is 2.22. The van der Waals surface area contributed by atoms with Crippen molar-refractivity contribution < 1.29 is 14.3 Å². The van der Waals surface area contributed by atoms with Gasteiger partial charge < -0.3 is 24.7 Å². The summed E-state index contributed by atoms with van der Waals surface area (Å²) in [6.07, 6.45) is 0. The van der Waals surface area contributed by atoms with Crippen molar-refractivity contribution in [3.63, 3.8) is 0 Å². The number of likely N-dealkylation sites (N-methyl/N-ethyl adjacent to an activating group) is 1. The van der Waals surface area contributed by atoms with Gasteiger partial charge in [0.1, 0.15) is 5.82 Å². The zero-order valence-electron chi connectivity index (χ0n) is 15.2. The highest BCUT2D eigenvalue weighted by atomic mass is 16.5. The molecule has 0 spiro atoms. The maximum Gasteiger partial charge on any atom is 0.293 e. The number of aromatic nitrogens is 1. The molecule has 27 heavy (non-hydrogen) atoms. The molecule has 142 valence electrons. The van der Waals surface area contributed by atoms with Gasteiger partial charge in [-0.05, 0) is 31.0 Å². The summed E-state index contributed by atoms with van der Waals surface area (Å²) in [5.74, 6) is 0.523. The number of nitrogens with one attached hydrogen (secondary N) is 2. The molecule has 0 bridgehead atoms. The number of amides is 1. The average molecular weight is 370 g/mol. The molecule has 1 aliphatic rings. The molecule has 2 N–H and O–H groups in total. The predicted molar refractivity (Wildman–Crippen MR) is 104 cm³/mol. The number of carbonyl (C=O) groups excluding carboxylic acids is 1. The van der Waals surface area contributed by atoms with Crippen LogP contribution in [-0.4, -0.2) is 44.1 Å². The number of ether oxygens (including phenoxy) is 2. The van der Waals surface area contributed by atoms with Crippen LogP contribution >= 0.6 is 0 Å². The second-order valence-corrected chi connectivity index (χ2v) is 6.29. The number of carbonyl (C=O) groups is 1. The van der Waals surface area contributed by atoms with E-state index in [1.165, 1.54) is 7.05 Å². The van der Waals surface area contributed by atoms with Gasteiger partial charge in [0.05, 0.1) is 18.7 Å². The first-order valence-corrected chi connectivity index (χ1v) is 8.53. The number of anilines is 1. The minimum absolute atomic E-state index is 0.129. The smallest absolute Gasteiger partial charge is 0.293 e. The largest absolute Gasteiger partial charge is 0.478 e. The van der Waals surface area contributed by atoms with Crippen molar-refractivity contribution in [1.29, 1.82) is 0 Å². The first kappa shape index (κ1) is 18.7. The maximum atomic E-state index is 12.9. The molecule has 0 saturated carbocycles. The molecule has 0 aliphatic carbocycles. The van der Waals surface area contributed by atoms with E-state index < -0.39 is 0 Å². The van der Waals surface area contributed by atoms with Gasteiger partial charge in [-0.2, -0.15) is 0 Å². The molecule has 1 amide bonds. The number of nitrogens with zero attached hydrogens (tertiary/aromatic N) is 2. The summed E-state index contributed by atoms with van der Waals surface area (Å²) in [5.41, 5.74) is 1.27. The molecule has 8 nitrogen and oxygen atoms in total. The Kier molecular flexibility index (Phi) is 5.56. The SMILES string of the molecule is C=NC(=C)Nc1ccc2c(c1)cc(OCC(=O)NC)c(=O)n2CC1COC1. The highest BCUT2D eigenvalue weighted by Crippen LogP contribution is 2.24. The summed E-state index contributed by atoms with van der Waals surface area (Å²) in [6.45, 7) is 8.72. The molecule has 1 aliphatic heterocycles. The Bertz CT molecular complexity index is 947. The quantitative estimate of drug-likeness (QED) is 0.684. The molecule has 1 aromatic carbocycles. The number of fused-ring (bicyclic) bond motifs is 1. The van der Waals surface area contributed by atoms with E-state index in [0.29, 0.717) is 25.6 Å². The molecule has 0 unspecified atom stereocenters. The minimum Gasteiger partial charge on any atom is -0.478 e. The van der Waals surface area contributed by atoms with E-state index >= 15 is 0 Å². The van der Waals surface area contributed by atoms with Crippen LogP contribution in [0.1, 0.15) is 0 Å². The van der Waals surface area contributed by atoms with Gasteiger partial charge in [-0.15, -0.1) is 0 Å². The average Bonchev–Trinajstić information content (AvgIpc) is 2.63. The second-order valence-electron chi connectivity index (χ2n) is 6.29. The summed E-state index contributed by atoms with van der Waals surface area (Å²) in [6, 6.07) is 7.21. The third-order valence-electron chi connectivity index (χ3n) is 4.33. The number of pyridine rings is 1. The van der Waals surface area contributed by atoms with Gasteiger partial charge >= 0.3 is 0 Å². The summed E-state index contributed by atoms with van der Waals surface area (Å²) in [7, 11) is 1.51. The molecule has 0 atom stereocenters. The van der Waals surface area contributed by atoms with E-state index in [4.69, 9.17) is 9.47 Å². The maximum absolute atomic E-state index is 12.9. The molecule has 1 aromatic heterocycles. The Morgan fingerprint density at radius 3 is 2.81 bits per heavy atom. The monoisotopic (exact) mass is 370 g/mol. The lowest BCUT2D eigenvalue weighted by Crippen LogP contribution is -2.36. The lowest BCUT2D eigenvalue weighted by Gasteiger charge is -2.27. The summed E-state index contributed by atoms with van der Waals surface area (Å²) in [4.78, 5) is 28.1. The fourth-order valence-corrected chi connectivity index (χ4v) is 2.79. The van der Waals surface area contributed by atoms with Crippen LogP contribution in [-0.2, 0) is 16.1 Å². The van der Waals surface area contributed by atoms with Crippen molar-refractivity contribution in [2.45, 2.75) is 6.54 Å². The van der Waals surface area contributed by atoms with Gasteiger partial charge in [0, 0.05) is 30.6 Å². The van der Waals surface area contributed by atoms with E-state index in [-0.39, 0.29) is 29.7 Å². The normalized spacial score (nSPS) is 13.7. The highest BCUT2D eigenvalue weighted by molar-refractivity contribution is 5.84. The molecule has 1 fully saturated rings. The number of benzene rings is 1. The van der Waals surface area contributed by atoms with E-state index in [9.17, 15) is 9.59 Å². The van der Waals surface area contributed by atoms with Crippen LogP contribution in [0.15, 0.2) is 46.5 Å². The first-order valence-electron chi connectivity index (χ1n) is 8.53. The third-order valence-corrected chi connectivity index (χ3v) is 4.33. The van der Waals surface area contributed by atoms with Crippen molar-refractivity contribution in [3.8, 4) is 5.75 Å². The van der Waals surface area contributed by atoms with Crippen LogP contribution in [0.5, 0.6) is 5.75 Å². The second kappa shape index (κ2) is 8.05. The lowest BCUT2D eigenvalue weighted by atomic mass is 10.1. The van der Waals surface area contributed by atoms with E-state index in [1.807, 2.05) is 18.2 Å². The number of rotatable bonds is 8. The van der Waals surface area contributed by atoms with Gasteiger partial charge in [0.15, 0.2) is 12.4 Å². The van der Waals surface area contributed by atoms with Crippen molar-refractivity contribution in [2.75, 3.05) is 32.2 Å². The number of hydrogen-bond acceptors (Lipinski definition) is 6. The Labute approximate surface area is 156 Å². The van der Waals surface area contributed by atoms with Gasteiger partial charge in [0.2, 0.25) is 0 Å². The minimum atomic E-state index is -0.308. The van der Waals surface area contributed by atoms with Gasteiger partial charge in [-0.25, -0.2) is 4.99 Å². The summed E-state index contributed by atoms with van der Waals surface area (Å²) < 4.78 is 12.4. The lowest BCUT2D eigenvalue weighted by molar-refractivity contribution is -0.122. The Morgan fingerprint density at radius 1 is 1.41 bits per heavy atom. The van der Waals surface area contributed by atoms with Crippen LogP contribution in [0, 0.1) is 5.92 Å². The molecule has 8 heteroatoms. The van der Waals surface area contributed by atoms with Gasteiger partial charge in [0.25, 0.3) is 11.5 Å². The van der Waals surface area contributed by atoms with Crippen molar-refractivity contribution in [1.82, 2.24) is 9.88 Å². The molecule has 0 radical (unpaired) electrons. The predicted octanol–water partition coefficient (Wildman–Crippen LogP) is 1.36. The molecular formula is C19H22N4O4. The van der Waals surface area contributed by atoms with Gasteiger partial charge in [-0.3, -0.25) is 9.59 Å². The number of hydrogen-bond donors (Lipinski definition) is 2. The Balaban J connectivity index is 2.02. The molecular weight excluding hydrogens is 348 g/mol. The zero-order valence-corrected chi connectivity index (χ0v) is 15.2. The molecule has 1 saturated heterocycles. The Hall–Kier alpha value is -3.13. The molecule has 2 aromatic rings. The molecule has 3 rings (SSSR count). The standard InChI is InChI=1S/C19H22N4O4/c1-12(20-2)22-15-4-5-16-14(6-15)7-17(27-11-18(24)21-3)19(25)23(16)8-13-9-26-10-13/h4-7,13,22H,1-2,8-11H2,3H3,(H,21,24). The van der Waals surface area contributed by atoms with E-state index in [1.54, 1.807) is 10.6 Å².